The van der Waals surface area contributed by atoms with Crippen molar-refractivity contribution in [3.8, 4) is 0 Å². The van der Waals surface area contributed by atoms with Crippen molar-refractivity contribution in [3.63, 3.8) is 0 Å². The first-order chi connectivity index (χ1) is 9.58. The van der Waals surface area contributed by atoms with Crippen LogP contribution in [0.1, 0.15) is 26.3 Å². The summed E-state index contributed by atoms with van der Waals surface area (Å²) >= 11 is 5.76. The van der Waals surface area contributed by atoms with Crippen molar-refractivity contribution in [1.82, 2.24) is 5.32 Å². The van der Waals surface area contributed by atoms with E-state index in [9.17, 15) is 9.59 Å². The molecule has 0 saturated heterocycles. The molecule has 5 heteroatoms. The zero-order valence-electron chi connectivity index (χ0n) is 10.5. The SMILES string of the molecule is O=C(NCc1ccccc1)c1ccc(Cl)c(C(=O)O)c1. The maximum atomic E-state index is 12.0. The Morgan fingerprint density at radius 1 is 1.10 bits per heavy atom. The number of amides is 1. The Hall–Kier alpha value is -2.33. The summed E-state index contributed by atoms with van der Waals surface area (Å²) < 4.78 is 0. The number of aromatic carboxylic acids is 1. The van der Waals surface area contributed by atoms with Gasteiger partial charge in [-0.15, -0.1) is 0 Å². The van der Waals surface area contributed by atoms with Gasteiger partial charge in [-0.3, -0.25) is 4.79 Å². The average molecular weight is 290 g/mol. The first-order valence-corrected chi connectivity index (χ1v) is 6.30. The van der Waals surface area contributed by atoms with Crippen LogP contribution in [0.5, 0.6) is 0 Å². The van der Waals surface area contributed by atoms with Gasteiger partial charge in [0, 0.05) is 12.1 Å². The standard InChI is InChI=1S/C15H12ClNO3/c16-13-7-6-11(8-12(13)15(19)20)14(18)17-9-10-4-2-1-3-5-10/h1-8H,9H2,(H,17,18)(H,19,20). The summed E-state index contributed by atoms with van der Waals surface area (Å²) in [5.74, 6) is -1.50. The van der Waals surface area contributed by atoms with Gasteiger partial charge in [-0.25, -0.2) is 4.79 Å². The van der Waals surface area contributed by atoms with Crippen LogP contribution in [0.3, 0.4) is 0 Å². The van der Waals surface area contributed by atoms with Gasteiger partial charge in [-0.1, -0.05) is 41.9 Å². The predicted octanol–water partition coefficient (Wildman–Crippen LogP) is 2.97. The topological polar surface area (TPSA) is 66.4 Å². The van der Waals surface area contributed by atoms with Gasteiger partial charge in [0.05, 0.1) is 10.6 Å². The number of benzene rings is 2. The van der Waals surface area contributed by atoms with Crippen LogP contribution in [0.4, 0.5) is 0 Å². The number of carboxylic acids is 1. The van der Waals surface area contributed by atoms with E-state index in [-0.39, 0.29) is 22.1 Å². The highest BCUT2D eigenvalue weighted by Gasteiger charge is 2.13. The Balaban J connectivity index is 2.10. The third-order valence-corrected chi connectivity index (χ3v) is 3.08. The van der Waals surface area contributed by atoms with Crippen molar-refractivity contribution in [2.45, 2.75) is 6.54 Å². The van der Waals surface area contributed by atoms with Crippen LogP contribution in [-0.4, -0.2) is 17.0 Å². The highest BCUT2D eigenvalue weighted by Crippen LogP contribution is 2.17. The minimum atomic E-state index is -1.16. The Morgan fingerprint density at radius 3 is 2.45 bits per heavy atom. The zero-order valence-corrected chi connectivity index (χ0v) is 11.2. The van der Waals surface area contributed by atoms with Gasteiger partial charge in [-0.2, -0.15) is 0 Å². The second-order valence-electron chi connectivity index (χ2n) is 4.17. The lowest BCUT2D eigenvalue weighted by molar-refractivity contribution is 0.0697. The van der Waals surface area contributed by atoms with E-state index in [0.717, 1.165) is 5.56 Å². The monoisotopic (exact) mass is 289 g/mol. The van der Waals surface area contributed by atoms with Crippen LogP contribution in [0.2, 0.25) is 5.02 Å². The Labute approximate surface area is 121 Å². The first kappa shape index (κ1) is 14.1. The molecular weight excluding hydrogens is 278 g/mol. The molecule has 4 nitrogen and oxygen atoms in total. The highest BCUT2D eigenvalue weighted by molar-refractivity contribution is 6.33. The molecule has 2 aromatic rings. The van der Waals surface area contributed by atoms with E-state index >= 15 is 0 Å². The summed E-state index contributed by atoms with van der Waals surface area (Å²) in [4.78, 5) is 22.9. The number of nitrogens with one attached hydrogen (secondary N) is 1. The highest BCUT2D eigenvalue weighted by atomic mass is 35.5. The van der Waals surface area contributed by atoms with E-state index < -0.39 is 5.97 Å². The lowest BCUT2D eigenvalue weighted by Gasteiger charge is -2.07. The van der Waals surface area contributed by atoms with Crippen molar-refractivity contribution in [2.24, 2.45) is 0 Å². The van der Waals surface area contributed by atoms with Crippen molar-refractivity contribution >= 4 is 23.5 Å². The molecule has 0 aromatic heterocycles. The molecule has 2 N–H and O–H groups in total. The van der Waals surface area contributed by atoms with Gasteiger partial charge >= 0.3 is 5.97 Å². The number of hydrogen-bond donors (Lipinski definition) is 2. The van der Waals surface area contributed by atoms with Crippen molar-refractivity contribution in [1.29, 1.82) is 0 Å². The minimum absolute atomic E-state index is 0.0842. The average Bonchev–Trinajstić information content (AvgIpc) is 2.46. The smallest absolute Gasteiger partial charge is 0.337 e. The van der Waals surface area contributed by atoms with Crippen LogP contribution in [0, 0.1) is 0 Å². The fourth-order valence-corrected chi connectivity index (χ4v) is 1.91. The molecule has 0 heterocycles. The molecule has 0 aliphatic rings. The maximum absolute atomic E-state index is 12.0. The minimum Gasteiger partial charge on any atom is -0.478 e. The normalized spacial score (nSPS) is 10.1. The molecule has 0 aliphatic heterocycles. The molecule has 0 aliphatic carbocycles. The second kappa shape index (κ2) is 6.21. The molecule has 0 fully saturated rings. The third kappa shape index (κ3) is 3.36. The summed E-state index contributed by atoms with van der Waals surface area (Å²) in [5, 5.41) is 11.8. The van der Waals surface area contributed by atoms with Crippen LogP contribution >= 0.6 is 11.6 Å². The predicted molar refractivity (Wildman–Crippen MR) is 76.0 cm³/mol. The molecular formula is C15H12ClNO3. The molecule has 0 saturated carbocycles. The molecule has 0 atom stereocenters. The Bertz CT molecular complexity index is 641. The molecule has 1 amide bonds. The Morgan fingerprint density at radius 2 is 1.80 bits per heavy atom. The zero-order chi connectivity index (χ0) is 14.5. The number of halogens is 1. The maximum Gasteiger partial charge on any atom is 0.337 e. The fraction of sp³-hybridized carbons (Fsp3) is 0.0667. The molecule has 20 heavy (non-hydrogen) atoms. The van der Waals surface area contributed by atoms with Gasteiger partial charge in [0.2, 0.25) is 0 Å². The van der Waals surface area contributed by atoms with Crippen molar-refractivity contribution in [3.05, 3.63) is 70.2 Å². The number of carbonyl (C=O) groups is 2. The van der Waals surface area contributed by atoms with Crippen LogP contribution in [0.15, 0.2) is 48.5 Å². The molecule has 102 valence electrons. The number of hydrogen-bond acceptors (Lipinski definition) is 2. The Kier molecular flexibility index (Phi) is 4.38. The van der Waals surface area contributed by atoms with Gasteiger partial charge in [0.15, 0.2) is 0 Å². The van der Waals surface area contributed by atoms with Gasteiger partial charge in [0.1, 0.15) is 0 Å². The summed E-state index contributed by atoms with van der Waals surface area (Å²) in [6.45, 7) is 0.380. The molecule has 2 rings (SSSR count). The molecule has 2 aromatic carbocycles. The van der Waals surface area contributed by atoms with Gasteiger partial charge in [-0.05, 0) is 23.8 Å². The van der Waals surface area contributed by atoms with E-state index in [1.807, 2.05) is 30.3 Å². The summed E-state index contributed by atoms with van der Waals surface area (Å²) in [6.07, 6.45) is 0. The quantitative estimate of drug-likeness (QED) is 0.909. The van der Waals surface area contributed by atoms with Gasteiger partial charge < -0.3 is 10.4 Å². The number of carbonyl (C=O) groups excluding carboxylic acids is 1. The summed E-state index contributed by atoms with van der Waals surface area (Å²) in [6, 6.07) is 13.6. The number of carboxylic acid groups (broad SMARTS) is 1. The van der Waals surface area contributed by atoms with E-state index in [0.29, 0.717) is 6.54 Å². The van der Waals surface area contributed by atoms with Crippen LogP contribution in [0.25, 0.3) is 0 Å². The summed E-state index contributed by atoms with van der Waals surface area (Å²) in [7, 11) is 0. The lowest BCUT2D eigenvalue weighted by Crippen LogP contribution is -2.23. The van der Waals surface area contributed by atoms with E-state index in [1.165, 1.54) is 18.2 Å². The van der Waals surface area contributed by atoms with E-state index in [2.05, 4.69) is 5.32 Å². The third-order valence-electron chi connectivity index (χ3n) is 2.75. The van der Waals surface area contributed by atoms with Gasteiger partial charge in [0.25, 0.3) is 5.91 Å². The van der Waals surface area contributed by atoms with Crippen LogP contribution in [-0.2, 0) is 6.54 Å². The van der Waals surface area contributed by atoms with Crippen molar-refractivity contribution in [2.75, 3.05) is 0 Å². The first-order valence-electron chi connectivity index (χ1n) is 5.93. The fourth-order valence-electron chi connectivity index (χ4n) is 1.71. The lowest BCUT2D eigenvalue weighted by atomic mass is 10.1. The van der Waals surface area contributed by atoms with E-state index in [1.54, 1.807) is 0 Å². The van der Waals surface area contributed by atoms with E-state index in [4.69, 9.17) is 16.7 Å². The molecule has 0 unspecified atom stereocenters. The van der Waals surface area contributed by atoms with Crippen LogP contribution < -0.4 is 5.32 Å². The summed E-state index contributed by atoms with van der Waals surface area (Å²) in [5.41, 5.74) is 1.15. The number of rotatable bonds is 4. The second-order valence-corrected chi connectivity index (χ2v) is 4.58. The largest absolute Gasteiger partial charge is 0.478 e. The molecule has 0 radical (unpaired) electrons. The molecule has 0 bridgehead atoms. The molecule has 0 spiro atoms. The van der Waals surface area contributed by atoms with Crippen molar-refractivity contribution < 1.29 is 14.7 Å².